The predicted octanol–water partition coefficient (Wildman–Crippen LogP) is 1.49. The number of anilines is 1. The number of carboxylic acid groups (broad SMARTS) is 1. The van der Waals surface area contributed by atoms with Crippen LogP contribution in [0.4, 0.5) is 5.82 Å². The van der Waals surface area contributed by atoms with Crippen LogP contribution in [0.2, 0.25) is 5.02 Å². The lowest BCUT2D eigenvalue weighted by Crippen LogP contribution is -2.45. The van der Waals surface area contributed by atoms with E-state index in [1.807, 2.05) is 6.26 Å². The number of nitrogens with zero attached hydrogens (tertiary/aromatic N) is 2. The summed E-state index contributed by atoms with van der Waals surface area (Å²) in [7, 11) is 1.70. The number of carbonyl (C=O) groups excluding carboxylic acids is 1. The first-order valence-electron chi connectivity index (χ1n) is 6.28. The quantitative estimate of drug-likeness (QED) is 0.751. The summed E-state index contributed by atoms with van der Waals surface area (Å²) < 4.78 is 0. The third-order valence-corrected chi connectivity index (χ3v) is 3.60. The molecule has 0 fully saturated rings. The maximum atomic E-state index is 11.9. The second kappa shape index (κ2) is 8.74. The molecule has 8 heteroatoms. The van der Waals surface area contributed by atoms with Crippen molar-refractivity contribution in [2.24, 2.45) is 0 Å². The van der Waals surface area contributed by atoms with Gasteiger partial charge in [-0.25, -0.2) is 9.78 Å². The summed E-state index contributed by atoms with van der Waals surface area (Å²) in [5.74, 6) is -0.121. The fourth-order valence-corrected chi connectivity index (χ4v) is 2.21. The molecule has 0 aliphatic carbocycles. The van der Waals surface area contributed by atoms with Gasteiger partial charge in [0.1, 0.15) is 11.9 Å². The molecule has 1 aromatic rings. The van der Waals surface area contributed by atoms with Gasteiger partial charge in [0.15, 0.2) is 0 Å². The Labute approximate surface area is 132 Å². The van der Waals surface area contributed by atoms with Crippen LogP contribution in [0.25, 0.3) is 0 Å². The van der Waals surface area contributed by atoms with Crippen molar-refractivity contribution >= 4 is 41.1 Å². The van der Waals surface area contributed by atoms with Gasteiger partial charge in [-0.3, -0.25) is 4.79 Å². The lowest BCUT2D eigenvalue weighted by molar-refractivity contribution is -0.141. The third-order valence-electron chi connectivity index (χ3n) is 2.73. The summed E-state index contributed by atoms with van der Waals surface area (Å²) in [6.45, 7) is 0.0255. The molecule has 1 aromatic heterocycles. The van der Waals surface area contributed by atoms with Crippen LogP contribution in [0.3, 0.4) is 0 Å². The Morgan fingerprint density at radius 2 is 2.24 bits per heavy atom. The number of thioether (sulfide) groups is 1. The fraction of sp³-hybridized carbons (Fsp3) is 0.462. The molecule has 0 aliphatic rings. The largest absolute Gasteiger partial charge is 0.480 e. The predicted molar refractivity (Wildman–Crippen MR) is 85.1 cm³/mol. The molecule has 1 atom stereocenters. The van der Waals surface area contributed by atoms with E-state index in [-0.39, 0.29) is 12.5 Å². The molecule has 0 aliphatic heterocycles. The van der Waals surface area contributed by atoms with Crippen LogP contribution in [-0.4, -0.2) is 53.6 Å². The van der Waals surface area contributed by atoms with Crippen molar-refractivity contribution in [3.8, 4) is 0 Å². The van der Waals surface area contributed by atoms with Crippen LogP contribution in [-0.2, 0) is 9.59 Å². The fourth-order valence-electron chi connectivity index (χ4n) is 1.62. The molecular formula is C13H18ClN3O3S. The van der Waals surface area contributed by atoms with Crippen LogP contribution in [0.1, 0.15) is 6.42 Å². The minimum Gasteiger partial charge on any atom is -0.480 e. The highest BCUT2D eigenvalue weighted by Gasteiger charge is 2.20. The third kappa shape index (κ3) is 6.22. The number of carbonyl (C=O) groups is 2. The Morgan fingerprint density at radius 3 is 2.76 bits per heavy atom. The molecule has 0 spiro atoms. The summed E-state index contributed by atoms with van der Waals surface area (Å²) in [6, 6.07) is 2.51. The number of likely N-dealkylation sites (N-methyl/N-ethyl adjacent to an activating group) is 1. The minimum atomic E-state index is -1.02. The first kappa shape index (κ1) is 17.6. The number of rotatable bonds is 8. The molecule has 1 amide bonds. The number of nitrogens with one attached hydrogen (secondary N) is 1. The Morgan fingerprint density at radius 1 is 1.52 bits per heavy atom. The Bertz CT molecular complexity index is 484. The first-order valence-corrected chi connectivity index (χ1v) is 8.05. The van der Waals surface area contributed by atoms with E-state index in [0.717, 1.165) is 0 Å². The second-order valence-corrected chi connectivity index (χ2v) is 5.85. The number of hydrogen-bond donors (Lipinski definition) is 2. The van der Waals surface area contributed by atoms with Gasteiger partial charge in [-0.05, 0) is 30.6 Å². The summed E-state index contributed by atoms with van der Waals surface area (Å²) in [4.78, 5) is 28.7. The van der Waals surface area contributed by atoms with E-state index < -0.39 is 12.0 Å². The van der Waals surface area contributed by atoms with Crippen molar-refractivity contribution in [3.05, 3.63) is 23.4 Å². The van der Waals surface area contributed by atoms with Gasteiger partial charge in [0.25, 0.3) is 0 Å². The van der Waals surface area contributed by atoms with E-state index in [1.54, 1.807) is 24.1 Å². The smallest absolute Gasteiger partial charge is 0.326 e. The maximum Gasteiger partial charge on any atom is 0.326 e. The van der Waals surface area contributed by atoms with Crippen LogP contribution in [0, 0.1) is 0 Å². The van der Waals surface area contributed by atoms with Gasteiger partial charge in [0.05, 0.1) is 11.6 Å². The van der Waals surface area contributed by atoms with Crippen molar-refractivity contribution < 1.29 is 14.7 Å². The highest BCUT2D eigenvalue weighted by atomic mass is 35.5. The van der Waals surface area contributed by atoms with Crippen LogP contribution >= 0.6 is 23.4 Å². The van der Waals surface area contributed by atoms with E-state index >= 15 is 0 Å². The van der Waals surface area contributed by atoms with Gasteiger partial charge >= 0.3 is 5.97 Å². The zero-order chi connectivity index (χ0) is 15.8. The van der Waals surface area contributed by atoms with Crippen molar-refractivity contribution in [1.82, 2.24) is 10.3 Å². The molecule has 21 heavy (non-hydrogen) atoms. The standard InChI is InChI=1S/C13H18ClN3O3S/c1-17(11-4-3-9(14)7-15-11)8-12(18)16-10(13(19)20)5-6-21-2/h3-4,7,10H,5-6,8H2,1-2H3,(H,16,18)(H,19,20)/t10-/m1/s1. The van der Waals surface area contributed by atoms with Gasteiger partial charge in [-0.2, -0.15) is 11.8 Å². The SMILES string of the molecule is CSCC[C@@H](NC(=O)CN(C)c1ccc(Cl)cn1)C(=O)O. The van der Waals surface area contributed by atoms with E-state index in [1.165, 1.54) is 18.0 Å². The van der Waals surface area contributed by atoms with E-state index in [0.29, 0.717) is 23.0 Å². The minimum absolute atomic E-state index is 0.0255. The van der Waals surface area contributed by atoms with Gasteiger partial charge in [0, 0.05) is 13.2 Å². The van der Waals surface area contributed by atoms with Crippen molar-refractivity contribution in [2.45, 2.75) is 12.5 Å². The number of aliphatic carboxylic acids is 1. The average Bonchev–Trinajstić information content (AvgIpc) is 2.43. The Kier molecular flexibility index (Phi) is 7.31. The van der Waals surface area contributed by atoms with Gasteiger partial charge in [-0.1, -0.05) is 11.6 Å². The Hall–Kier alpha value is -1.47. The summed E-state index contributed by atoms with van der Waals surface area (Å²) in [5, 5.41) is 12.1. The number of carboxylic acids is 1. The lowest BCUT2D eigenvalue weighted by Gasteiger charge is -2.19. The topological polar surface area (TPSA) is 82.5 Å². The van der Waals surface area contributed by atoms with Crippen LogP contribution in [0.15, 0.2) is 18.3 Å². The number of pyridine rings is 1. The molecular weight excluding hydrogens is 314 g/mol. The summed E-state index contributed by atoms with van der Waals surface area (Å²) >= 11 is 7.29. The summed E-state index contributed by atoms with van der Waals surface area (Å²) in [6.07, 6.45) is 3.77. The normalized spacial score (nSPS) is 11.8. The molecule has 116 valence electrons. The highest BCUT2D eigenvalue weighted by molar-refractivity contribution is 7.98. The lowest BCUT2D eigenvalue weighted by atomic mass is 10.2. The molecule has 0 aromatic carbocycles. The average molecular weight is 332 g/mol. The Balaban J connectivity index is 2.54. The second-order valence-electron chi connectivity index (χ2n) is 4.43. The molecule has 0 unspecified atom stereocenters. The van der Waals surface area contributed by atoms with Crippen molar-refractivity contribution in [3.63, 3.8) is 0 Å². The molecule has 1 rings (SSSR count). The molecule has 0 bridgehead atoms. The molecule has 1 heterocycles. The van der Waals surface area contributed by atoms with E-state index in [2.05, 4.69) is 10.3 Å². The number of hydrogen-bond acceptors (Lipinski definition) is 5. The number of aromatic nitrogens is 1. The molecule has 2 N–H and O–H groups in total. The maximum absolute atomic E-state index is 11.9. The first-order chi connectivity index (χ1) is 9.93. The molecule has 0 saturated carbocycles. The number of halogens is 1. The monoisotopic (exact) mass is 331 g/mol. The van der Waals surface area contributed by atoms with E-state index in [9.17, 15) is 9.59 Å². The van der Waals surface area contributed by atoms with Crippen LogP contribution < -0.4 is 10.2 Å². The zero-order valence-electron chi connectivity index (χ0n) is 11.9. The van der Waals surface area contributed by atoms with Crippen LogP contribution in [0.5, 0.6) is 0 Å². The summed E-state index contributed by atoms with van der Waals surface area (Å²) in [5.41, 5.74) is 0. The number of amides is 1. The van der Waals surface area contributed by atoms with Crippen molar-refractivity contribution in [1.29, 1.82) is 0 Å². The zero-order valence-corrected chi connectivity index (χ0v) is 13.4. The highest BCUT2D eigenvalue weighted by Crippen LogP contribution is 2.12. The van der Waals surface area contributed by atoms with E-state index in [4.69, 9.17) is 16.7 Å². The molecule has 0 saturated heterocycles. The van der Waals surface area contributed by atoms with Gasteiger partial charge in [0.2, 0.25) is 5.91 Å². The van der Waals surface area contributed by atoms with Gasteiger partial charge < -0.3 is 15.3 Å². The van der Waals surface area contributed by atoms with Gasteiger partial charge in [-0.15, -0.1) is 0 Å². The molecule has 0 radical (unpaired) electrons. The van der Waals surface area contributed by atoms with Crippen molar-refractivity contribution in [2.75, 3.05) is 30.5 Å². The molecule has 6 nitrogen and oxygen atoms in total.